The maximum absolute atomic E-state index is 12.5. The molecular formula is C13H18N4O4. The first-order valence-corrected chi connectivity index (χ1v) is 6.83. The molecule has 3 N–H and O–H groups in total. The highest BCUT2D eigenvalue weighted by Gasteiger charge is 2.26. The molecule has 1 amide bonds. The number of pyridine rings is 1. The van der Waals surface area contributed by atoms with Gasteiger partial charge in [-0.1, -0.05) is 0 Å². The minimum absolute atomic E-state index is 0.00474. The molecule has 1 aliphatic heterocycles. The Bertz CT molecular complexity index is 547. The predicted molar refractivity (Wildman–Crippen MR) is 75.6 cm³/mol. The molecule has 1 aromatic rings. The van der Waals surface area contributed by atoms with Crippen LogP contribution in [0.15, 0.2) is 12.3 Å². The zero-order valence-corrected chi connectivity index (χ0v) is 11.6. The van der Waals surface area contributed by atoms with Gasteiger partial charge in [0.05, 0.1) is 10.5 Å². The number of hydrogen-bond donors (Lipinski definition) is 2. The molecule has 0 saturated carbocycles. The van der Waals surface area contributed by atoms with Crippen LogP contribution in [0, 0.1) is 16.0 Å². The van der Waals surface area contributed by atoms with Gasteiger partial charge in [-0.05, 0) is 25.2 Å². The third-order valence-corrected chi connectivity index (χ3v) is 3.69. The Labute approximate surface area is 121 Å². The summed E-state index contributed by atoms with van der Waals surface area (Å²) in [6.07, 6.45) is 3.50. The number of nitrogens with two attached hydrogens (primary N) is 1. The standard InChI is InChI=1S/C13H18N4O4/c14-12-11(6-10(7-15-12)17(20)21)13(19)16-4-1-2-9(8-16)3-5-18/h6-7,9,18H,1-5,8H2,(H2,14,15). The molecule has 1 fully saturated rings. The van der Waals surface area contributed by atoms with Crippen molar-refractivity contribution < 1.29 is 14.8 Å². The van der Waals surface area contributed by atoms with Gasteiger partial charge in [-0.2, -0.15) is 0 Å². The Morgan fingerprint density at radius 1 is 1.62 bits per heavy atom. The van der Waals surface area contributed by atoms with E-state index < -0.39 is 4.92 Å². The second kappa shape index (κ2) is 6.49. The average Bonchev–Trinajstić information content (AvgIpc) is 2.47. The number of piperidine rings is 1. The summed E-state index contributed by atoms with van der Waals surface area (Å²) >= 11 is 0. The third kappa shape index (κ3) is 3.46. The first kappa shape index (κ1) is 15.2. The number of rotatable bonds is 4. The molecule has 8 nitrogen and oxygen atoms in total. The summed E-state index contributed by atoms with van der Waals surface area (Å²) in [6.45, 7) is 1.21. The van der Waals surface area contributed by atoms with Crippen molar-refractivity contribution in [3.8, 4) is 0 Å². The minimum Gasteiger partial charge on any atom is -0.396 e. The largest absolute Gasteiger partial charge is 0.396 e. The highest BCUT2D eigenvalue weighted by atomic mass is 16.6. The summed E-state index contributed by atoms with van der Waals surface area (Å²) in [7, 11) is 0. The average molecular weight is 294 g/mol. The summed E-state index contributed by atoms with van der Waals surface area (Å²) in [5.74, 6) is -0.0956. The smallest absolute Gasteiger partial charge is 0.288 e. The molecule has 0 spiro atoms. The van der Waals surface area contributed by atoms with E-state index in [2.05, 4.69) is 4.98 Å². The lowest BCUT2D eigenvalue weighted by molar-refractivity contribution is -0.385. The van der Waals surface area contributed by atoms with E-state index >= 15 is 0 Å². The maximum Gasteiger partial charge on any atom is 0.288 e. The summed E-state index contributed by atoms with van der Waals surface area (Å²) in [5, 5.41) is 19.8. The molecule has 114 valence electrons. The molecular weight excluding hydrogens is 276 g/mol. The van der Waals surface area contributed by atoms with Crippen LogP contribution < -0.4 is 5.73 Å². The number of likely N-dealkylation sites (tertiary alicyclic amines) is 1. The van der Waals surface area contributed by atoms with Gasteiger partial charge in [-0.3, -0.25) is 14.9 Å². The molecule has 1 aromatic heterocycles. The van der Waals surface area contributed by atoms with E-state index in [1.807, 2.05) is 0 Å². The lowest BCUT2D eigenvalue weighted by Crippen LogP contribution is -2.40. The Hall–Kier alpha value is -2.22. The van der Waals surface area contributed by atoms with E-state index in [4.69, 9.17) is 10.8 Å². The number of carbonyl (C=O) groups is 1. The minimum atomic E-state index is -0.603. The number of hydrogen-bond acceptors (Lipinski definition) is 6. The summed E-state index contributed by atoms with van der Waals surface area (Å²) in [6, 6.07) is 1.17. The van der Waals surface area contributed by atoms with E-state index in [0.29, 0.717) is 19.5 Å². The topological polar surface area (TPSA) is 123 Å². The molecule has 1 saturated heterocycles. The fourth-order valence-electron chi connectivity index (χ4n) is 2.57. The van der Waals surface area contributed by atoms with Crippen LogP contribution in [0.25, 0.3) is 0 Å². The lowest BCUT2D eigenvalue weighted by atomic mass is 9.94. The van der Waals surface area contributed by atoms with Crippen LogP contribution in [0.4, 0.5) is 11.5 Å². The molecule has 8 heteroatoms. The number of amides is 1. The molecule has 1 unspecified atom stereocenters. The highest BCUT2D eigenvalue weighted by molar-refractivity contribution is 5.98. The van der Waals surface area contributed by atoms with Crippen molar-refractivity contribution in [3.63, 3.8) is 0 Å². The normalized spacial score (nSPS) is 18.5. The van der Waals surface area contributed by atoms with Gasteiger partial charge in [-0.15, -0.1) is 0 Å². The van der Waals surface area contributed by atoms with E-state index in [9.17, 15) is 14.9 Å². The SMILES string of the molecule is Nc1ncc([N+](=O)[O-])cc1C(=O)N1CCCC(CCO)C1. The van der Waals surface area contributed by atoms with Gasteiger partial charge in [0.25, 0.3) is 11.6 Å². The van der Waals surface area contributed by atoms with Crippen LogP contribution in [0.3, 0.4) is 0 Å². The van der Waals surface area contributed by atoms with Crippen molar-refractivity contribution in [2.75, 3.05) is 25.4 Å². The Morgan fingerprint density at radius 3 is 3.05 bits per heavy atom. The number of nitrogens with zero attached hydrogens (tertiary/aromatic N) is 3. The maximum atomic E-state index is 12.5. The zero-order chi connectivity index (χ0) is 15.4. The fourth-order valence-corrected chi connectivity index (χ4v) is 2.57. The van der Waals surface area contributed by atoms with Gasteiger partial charge in [-0.25, -0.2) is 4.98 Å². The molecule has 1 atom stereocenters. The number of aromatic nitrogens is 1. The first-order valence-electron chi connectivity index (χ1n) is 6.83. The van der Waals surface area contributed by atoms with Gasteiger partial charge in [0, 0.05) is 25.8 Å². The van der Waals surface area contributed by atoms with Gasteiger partial charge in [0.2, 0.25) is 0 Å². The van der Waals surface area contributed by atoms with Gasteiger partial charge in [0.15, 0.2) is 0 Å². The van der Waals surface area contributed by atoms with E-state index in [-0.39, 0.29) is 35.5 Å². The Balaban J connectivity index is 2.19. The number of nitro groups is 1. The summed E-state index contributed by atoms with van der Waals surface area (Å²) in [4.78, 5) is 28.0. The van der Waals surface area contributed by atoms with Crippen LogP contribution in [0.2, 0.25) is 0 Å². The molecule has 2 rings (SSSR count). The quantitative estimate of drug-likeness (QED) is 0.625. The van der Waals surface area contributed by atoms with Crippen LogP contribution >= 0.6 is 0 Å². The van der Waals surface area contributed by atoms with Crippen molar-refractivity contribution >= 4 is 17.4 Å². The molecule has 2 heterocycles. The van der Waals surface area contributed by atoms with Crippen molar-refractivity contribution in [1.82, 2.24) is 9.88 Å². The first-order chi connectivity index (χ1) is 10.0. The summed E-state index contributed by atoms with van der Waals surface area (Å²) in [5.41, 5.74) is 5.48. The fraction of sp³-hybridized carbons (Fsp3) is 0.538. The van der Waals surface area contributed by atoms with Gasteiger partial charge < -0.3 is 15.7 Å². The third-order valence-electron chi connectivity index (χ3n) is 3.69. The van der Waals surface area contributed by atoms with Crippen LogP contribution in [-0.4, -0.2) is 45.5 Å². The van der Waals surface area contributed by atoms with Gasteiger partial charge >= 0.3 is 0 Å². The van der Waals surface area contributed by atoms with Crippen molar-refractivity contribution in [2.45, 2.75) is 19.3 Å². The van der Waals surface area contributed by atoms with E-state index in [1.165, 1.54) is 6.07 Å². The van der Waals surface area contributed by atoms with Gasteiger partial charge in [0.1, 0.15) is 12.0 Å². The number of nitrogen functional groups attached to an aromatic ring is 1. The molecule has 0 aliphatic carbocycles. The second-order valence-electron chi connectivity index (χ2n) is 5.16. The number of anilines is 1. The monoisotopic (exact) mass is 294 g/mol. The molecule has 0 radical (unpaired) electrons. The highest BCUT2D eigenvalue weighted by Crippen LogP contribution is 2.24. The van der Waals surface area contributed by atoms with Crippen molar-refractivity contribution in [3.05, 3.63) is 27.9 Å². The zero-order valence-electron chi connectivity index (χ0n) is 11.6. The molecule has 21 heavy (non-hydrogen) atoms. The molecule has 0 aromatic carbocycles. The number of aliphatic hydroxyl groups is 1. The Kier molecular flexibility index (Phi) is 4.69. The van der Waals surface area contributed by atoms with E-state index in [1.54, 1.807) is 4.90 Å². The number of aliphatic hydroxyl groups excluding tert-OH is 1. The molecule has 1 aliphatic rings. The Morgan fingerprint density at radius 2 is 2.38 bits per heavy atom. The molecule has 0 bridgehead atoms. The second-order valence-corrected chi connectivity index (χ2v) is 5.16. The van der Waals surface area contributed by atoms with Crippen LogP contribution in [0.5, 0.6) is 0 Å². The van der Waals surface area contributed by atoms with Crippen molar-refractivity contribution in [1.29, 1.82) is 0 Å². The predicted octanol–water partition coefficient (Wildman–Crippen LogP) is 0.807. The lowest BCUT2D eigenvalue weighted by Gasteiger charge is -2.32. The number of carbonyl (C=O) groups excluding carboxylic acids is 1. The van der Waals surface area contributed by atoms with E-state index in [0.717, 1.165) is 19.0 Å². The van der Waals surface area contributed by atoms with Crippen molar-refractivity contribution in [2.24, 2.45) is 5.92 Å². The van der Waals surface area contributed by atoms with Crippen LogP contribution in [-0.2, 0) is 0 Å². The summed E-state index contributed by atoms with van der Waals surface area (Å²) < 4.78 is 0. The van der Waals surface area contributed by atoms with Crippen LogP contribution in [0.1, 0.15) is 29.6 Å².